The van der Waals surface area contributed by atoms with Gasteiger partial charge in [0.25, 0.3) is 0 Å². The average molecular weight is 451 g/mol. The van der Waals surface area contributed by atoms with Gasteiger partial charge in [-0.2, -0.15) is 0 Å². The second-order valence-electron chi connectivity index (χ2n) is 7.02. The van der Waals surface area contributed by atoms with Crippen molar-refractivity contribution in [2.24, 2.45) is 5.16 Å². The summed E-state index contributed by atoms with van der Waals surface area (Å²) in [7, 11) is 1.55. The van der Waals surface area contributed by atoms with Crippen LogP contribution in [0.1, 0.15) is 37.5 Å². The highest BCUT2D eigenvalue weighted by atomic mass is 32.2. The zero-order chi connectivity index (χ0) is 22.3. The number of rotatable bonds is 10. The van der Waals surface area contributed by atoms with Gasteiger partial charge in [0.1, 0.15) is 12.6 Å². The number of hydrogen-bond donors (Lipinski definition) is 1. The Labute approximate surface area is 191 Å². The molecule has 0 radical (unpaired) electrons. The largest absolute Gasteiger partial charge is 0.440 e. The fourth-order valence-electron chi connectivity index (χ4n) is 3.39. The molecule has 0 atom stereocenters. The lowest BCUT2D eigenvalue weighted by molar-refractivity contribution is 0.213. The molecule has 0 bridgehead atoms. The van der Waals surface area contributed by atoms with E-state index in [1.54, 1.807) is 18.9 Å². The van der Waals surface area contributed by atoms with E-state index in [1.165, 1.54) is 0 Å². The minimum Gasteiger partial charge on any atom is -0.440 e. The van der Waals surface area contributed by atoms with E-state index in [4.69, 9.17) is 9.25 Å². The van der Waals surface area contributed by atoms with Crippen LogP contribution in [0.5, 0.6) is 0 Å². The van der Waals surface area contributed by atoms with Gasteiger partial charge in [0.2, 0.25) is 5.89 Å². The van der Waals surface area contributed by atoms with Crippen LogP contribution in [-0.2, 0) is 23.7 Å². The molecule has 0 saturated carbocycles. The van der Waals surface area contributed by atoms with Crippen LogP contribution in [0.25, 0.3) is 11.1 Å². The molecule has 0 aliphatic heterocycles. The standard InChI is InChI=1S/C23H26N6O2S/c1-4-18(28-30-3)16-11-12-20-19(13-16)25-22(31-20)15-32-23-27-26-21(29(23)5-2)14-24-17-9-7-6-8-10-17/h6-13,24H,4-5,14-15H2,1-3H3/b28-18-. The van der Waals surface area contributed by atoms with Crippen LogP contribution in [0.3, 0.4) is 0 Å². The van der Waals surface area contributed by atoms with E-state index in [1.807, 2.05) is 55.5 Å². The van der Waals surface area contributed by atoms with Crippen molar-refractivity contribution in [2.75, 3.05) is 12.4 Å². The van der Waals surface area contributed by atoms with Crippen LogP contribution in [0, 0.1) is 0 Å². The molecule has 9 heteroatoms. The van der Waals surface area contributed by atoms with Gasteiger partial charge in [0, 0.05) is 17.8 Å². The van der Waals surface area contributed by atoms with E-state index >= 15 is 0 Å². The molecule has 0 saturated heterocycles. The van der Waals surface area contributed by atoms with Gasteiger partial charge in [-0.05, 0) is 43.7 Å². The molecule has 0 fully saturated rings. The van der Waals surface area contributed by atoms with E-state index in [0.29, 0.717) is 18.2 Å². The van der Waals surface area contributed by atoms with Gasteiger partial charge in [0.05, 0.1) is 18.0 Å². The topological polar surface area (TPSA) is 90.4 Å². The van der Waals surface area contributed by atoms with Crippen molar-refractivity contribution in [3.8, 4) is 0 Å². The van der Waals surface area contributed by atoms with Crippen molar-refractivity contribution in [3.05, 3.63) is 65.8 Å². The number of nitrogens with one attached hydrogen (secondary N) is 1. The van der Waals surface area contributed by atoms with Crippen molar-refractivity contribution >= 4 is 34.3 Å². The van der Waals surface area contributed by atoms with Crippen LogP contribution in [0.4, 0.5) is 5.69 Å². The number of benzene rings is 2. The number of para-hydroxylation sites is 1. The number of hydrogen-bond acceptors (Lipinski definition) is 8. The van der Waals surface area contributed by atoms with Gasteiger partial charge in [-0.15, -0.1) is 10.2 Å². The van der Waals surface area contributed by atoms with Crippen molar-refractivity contribution in [1.82, 2.24) is 19.7 Å². The first-order chi connectivity index (χ1) is 15.7. The van der Waals surface area contributed by atoms with Gasteiger partial charge in [-0.25, -0.2) is 4.98 Å². The summed E-state index contributed by atoms with van der Waals surface area (Å²) in [6.45, 7) is 5.53. The van der Waals surface area contributed by atoms with E-state index in [2.05, 4.69) is 37.1 Å². The van der Waals surface area contributed by atoms with Crippen LogP contribution < -0.4 is 5.32 Å². The quantitative estimate of drug-likeness (QED) is 0.204. The summed E-state index contributed by atoms with van der Waals surface area (Å²) in [6.07, 6.45) is 0.772. The Morgan fingerprint density at radius 3 is 2.75 bits per heavy atom. The molecule has 0 amide bonds. The maximum Gasteiger partial charge on any atom is 0.205 e. The zero-order valence-electron chi connectivity index (χ0n) is 18.4. The first-order valence-corrected chi connectivity index (χ1v) is 11.5. The number of anilines is 1. The lowest BCUT2D eigenvalue weighted by Gasteiger charge is -2.08. The van der Waals surface area contributed by atoms with Crippen molar-refractivity contribution in [1.29, 1.82) is 0 Å². The van der Waals surface area contributed by atoms with Gasteiger partial charge < -0.3 is 19.1 Å². The monoisotopic (exact) mass is 450 g/mol. The summed E-state index contributed by atoms with van der Waals surface area (Å²) >= 11 is 1.57. The number of aromatic nitrogens is 4. The Hall–Kier alpha value is -3.33. The fraction of sp³-hybridized carbons (Fsp3) is 0.304. The van der Waals surface area contributed by atoms with Gasteiger partial charge >= 0.3 is 0 Å². The maximum absolute atomic E-state index is 5.93. The number of oxazole rings is 1. The highest BCUT2D eigenvalue weighted by Gasteiger charge is 2.14. The first kappa shape index (κ1) is 21.9. The molecule has 32 heavy (non-hydrogen) atoms. The lowest BCUT2D eigenvalue weighted by Crippen LogP contribution is -2.08. The summed E-state index contributed by atoms with van der Waals surface area (Å²) in [6, 6.07) is 16.0. The van der Waals surface area contributed by atoms with E-state index < -0.39 is 0 Å². The summed E-state index contributed by atoms with van der Waals surface area (Å²) in [5.41, 5.74) is 4.47. The Morgan fingerprint density at radius 1 is 1.16 bits per heavy atom. The third kappa shape index (κ3) is 4.94. The molecule has 2 aromatic heterocycles. The third-order valence-electron chi connectivity index (χ3n) is 4.96. The number of nitrogens with zero attached hydrogens (tertiary/aromatic N) is 5. The molecular weight excluding hydrogens is 424 g/mol. The van der Waals surface area contributed by atoms with E-state index in [-0.39, 0.29) is 0 Å². The third-order valence-corrected chi connectivity index (χ3v) is 5.91. The van der Waals surface area contributed by atoms with E-state index in [0.717, 1.165) is 52.0 Å². The van der Waals surface area contributed by atoms with Crippen LogP contribution in [0.15, 0.2) is 63.3 Å². The fourth-order valence-corrected chi connectivity index (χ4v) is 4.25. The van der Waals surface area contributed by atoms with Crippen molar-refractivity contribution < 1.29 is 9.25 Å². The van der Waals surface area contributed by atoms with Crippen LogP contribution in [-0.4, -0.2) is 32.6 Å². The highest BCUT2D eigenvalue weighted by Crippen LogP contribution is 2.25. The minimum atomic E-state index is 0.570. The molecule has 4 rings (SSSR count). The van der Waals surface area contributed by atoms with Gasteiger partial charge in [0.15, 0.2) is 16.6 Å². The predicted molar refractivity (Wildman–Crippen MR) is 127 cm³/mol. The molecule has 2 aromatic carbocycles. The smallest absolute Gasteiger partial charge is 0.205 e. The van der Waals surface area contributed by atoms with Crippen LogP contribution in [0.2, 0.25) is 0 Å². The SMILES string of the molecule is CC/C(=N/OC)c1ccc2oc(CSc3nnc(CNc4ccccc4)n3CC)nc2c1. The Kier molecular flexibility index (Phi) is 7.06. The summed E-state index contributed by atoms with van der Waals surface area (Å²) in [4.78, 5) is 9.59. The number of oxime groups is 1. The molecule has 0 aliphatic rings. The molecule has 0 spiro atoms. The molecule has 166 valence electrons. The highest BCUT2D eigenvalue weighted by molar-refractivity contribution is 7.98. The first-order valence-electron chi connectivity index (χ1n) is 10.6. The summed E-state index contributed by atoms with van der Waals surface area (Å²) in [5.74, 6) is 2.12. The Bertz CT molecular complexity index is 1200. The van der Waals surface area contributed by atoms with Crippen molar-refractivity contribution in [2.45, 2.75) is 44.3 Å². The maximum atomic E-state index is 5.93. The second kappa shape index (κ2) is 10.3. The molecular formula is C23H26N6O2S. The minimum absolute atomic E-state index is 0.570. The van der Waals surface area contributed by atoms with Crippen molar-refractivity contribution in [3.63, 3.8) is 0 Å². The van der Waals surface area contributed by atoms with Gasteiger partial charge in [-0.1, -0.05) is 42.0 Å². The molecule has 4 aromatic rings. The van der Waals surface area contributed by atoms with Gasteiger partial charge in [-0.3, -0.25) is 0 Å². The Morgan fingerprint density at radius 2 is 2.00 bits per heavy atom. The zero-order valence-corrected chi connectivity index (χ0v) is 19.2. The molecule has 0 unspecified atom stereocenters. The normalized spacial score (nSPS) is 11.8. The molecule has 1 N–H and O–H groups in total. The molecule has 2 heterocycles. The summed E-state index contributed by atoms with van der Waals surface area (Å²) < 4.78 is 8.04. The number of fused-ring (bicyclic) bond motifs is 1. The summed E-state index contributed by atoms with van der Waals surface area (Å²) in [5, 5.41) is 17.1. The average Bonchev–Trinajstić information content (AvgIpc) is 3.42. The molecule has 8 nitrogen and oxygen atoms in total. The van der Waals surface area contributed by atoms with Crippen LogP contribution >= 0.6 is 11.8 Å². The van der Waals surface area contributed by atoms with E-state index in [9.17, 15) is 0 Å². The molecule has 0 aliphatic carbocycles. The Balaban J connectivity index is 1.45. The second-order valence-corrected chi connectivity index (χ2v) is 7.96. The number of thioether (sulfide) groups is 1. The lowest BCUT2D eigenvalue weighted by atomic mass is 10.1. The predicted octanol–water partition coefficient (Wildman–Crippen LogP) is 5.10.